The summed E-state index contributed by atoms with van der Waals surface area (Å²) in [6.07, 6.45) is 20.0. The molecule has 0 aromatic carbocycles. The maximum Gasteiger partial charge on any atom is 0 e. The summed E-state index contributed by atoms with van der Waals surface area (Å²) in [7, 11) is 0. The Labute approximate surface area is 100 Å². The summed E-state index contributed by atoms with van der Waals surface area (Å²) in [6.45, 7) is 2.56. The molecule has 14 heavy (non-hydrogen) atoms. The van der Waals surface area contributed by atoms with E-state index in [-0.39, 0.29) is 17.1 Å². The number of aliphatic hydroxyl groups is 1. The average Bonchev–Trinajstić information content (AvgIpc) is 2.85. The van der Waals surface area contributed by atoms with Gasteiger partial charge in [0.1, 0.15) is 0 Å². The van der Waals surface area contributed by atoms with Gasteiger partial charge in [-0.25, -0.2) is 6.61 Å². The van der Waals surface area contributed by atoms with Gasteiger partial charge in [0.15, 0.2) is 0 Å². The van der Waals surface area contributed by atoms with Crippen LogP contribution in [0.4, 0.5) is 0 Å². The van der Waals surface area contributed by atoms with Crippen LogP contribution in [0.15, 0.2) is 0 Å². The van der Waals surface area contributed by atoms with E-state index in [0.29, 0.717) is 0 Å². The molecule has 0 amide bonds. The monoisotopic (exact) mass is 231 g/mol. The van der Waals surface area contributed by atoms with Crippen molar-refractivity contribution in [3.63, 3.8) is 0 Å². The van der Waals surface area contributed by atoms with Crippen LogP contribution in [-0.2, 0) is 17.1 Å². The molecule has 0 aromatic rings. The molecule has 2 heteroatoms. The zero-order valence-electron chi connectivity index (χ0n) is 8.15. The zero-order valence-corrected chi connectivity index (χ0v) is 9.26. The number of hydrogen-bond acceptors (Lipinski definition) is 1. The zero-order chi connectivity index (χ0) is 9.78. The van der Waals surface area contributed by atoms with Crippen molar-refractivity contribution in [1.82, 2.24) is 0 Å². The standard InChI is InChI=1S/2C5H5.C2H5O.Fe/c2*1-2-4-5-3-1;1-2-3;/h2*1-5H;2-3H,1H3;/q;;-1;. The molecule has 0 bridgehead atoms. The fourth-order valence-corrected chi connectivity index (χ4v) is 0.642. The summed E-state index contributed by atoms with van der Waals surface area (Å²) in [5, 5.41) is 7.44. The second-order valence-corrected chi connectivity index (χ2v) is 2.18. The Morgan fingerprint density at radius 3 is 0.786 bits per heavy atom. The van der Waals surface area contributed by atoms with Crippen molar-refractivity contribution in [1.29, 1.82) is 0 Å². The molecule has 2 aliphatic rings. The first-order chi connectivity index (χ1) is 6.41. The third-order valence-electron chi connectivity index (χ3n) is 1.11. The molecule has 78 valence electrons. The summed E-state index contributed by atoms with van der Waals surface area (Å²) in [5.74, 6) is 0. The van der Waals surface area contributed by atoms with Crippen molar-refractivity contribution >= 4 is 0 Å². The van der Waals surface area contributed by atoms with Crippen molar-refractivity contribution in [2.75, 3.05) is 0 Å². The first kappa shape index (κ1) is 16.9. The molecule has 0 aromatic heterocycles. The molecule has 0 spiro atoms. The van der Waals surface area contributed by atoms with Gasteiger partial charge in [-0.2, -0.15) is 6.92 Å². The Hall–Kier alpha value is 0.479. The van der Waals surface area contributed by atoms with E-state index in [4.69, 9.17) is 5.11 Å². The minimum absolute atomic E-state index is 0. The first-order valence-electron chi connectivity index (χ1n) is 4.17. The van der Waals surface area contributed by atoms with E-state index in [2.05, 4.69) is 0 Å². The Morgan fingerprint density at radius 2 is 0.714 bits per heavy atom. The van der Waals surface area contributed by atoms with Crippen LogP contribution in [0.1, 0.15) is 6.92 Å². The maximum absolute atomic E-state index is 7.44. The molecule has 0 atom stereocenters. The normalized spacial score (nSPS) is 18.4. The topological polar surface area (TPSA) is 20.2 Å². The molecule has 0 saturated heterocycles. The predicted molar refractivity (Wildman–Crippen MR) is 54.9 cm³/mol. The van der Waals surface area contributed by atoms with E-state index in [9.17, 15) is 0 Å². The van der Waals surface area contributed by atoms with Gasteiger partial charge < -0.3 is 5.11 Å². The van der Waals surface area contributed by atoms with Crippen LogP contribution in [0.2, 0.25) is 0 Å². The van der Waals surface area contributed by atoms with Crippen LogP contribution in [0.5, 0.6) is 0 Å². The van der Waals surface area contributed by atoms with E-state index in [1.807, 2.05) is 64.2 Å². The molecule has 2 aliphatic carbocycles. The minimum Gasteiger partial charge on any atom is -0.566 e. The van der Waals surface area contributed by atoms with E-state index >= 15 is 0 Å². The average molecular weight is 231 g/mol. The Balaban J connectivity index is 0. The Bertz CT molecular complexity index is 53.2. The van der Waals surface area contributed by atoms with Gasteiger partial charge >= 0.3 is 0 Å². The van der Waals surface area contributed by atoms with Crippen LogP contribution >= 0.6 is 0 Å². The summed E-state index contributed by atoms with van der Waals surface area (Å²) >= 11 is 0. The Morgan fingerprint density at radius 1 is 0.643 bits per heavy atom. The predicted octanol–water partition coefficient (Wildman–Crippen LogP) is 2.58. The molecule has 1 N–H and O–H groups in total. The van der Waals surface area contributed by atoms with E-state index in [0.717, 1.165) is 6.61 Å². The van der Waals surface area contributed by atoms with Gasteiger partial charge in [-0.1, -0.05) is 0 Å². The van der Waals surface area contributed by atoms with Crippen LogP contribution in [-0.4, -0.2) is 5.11 Å². The van der Waals surface area contributed by atoms with Gasteiger partial charge in [-0.15, -0.1) is 0 Å². The van der Waals surface area contributed by atoms with Crippen LogP contribution in [0.3, 0.4) is 0 Å². The molecule has 1 nitrogen and oxygen atoms in total. The van der Waals surface area contributed by atoms with Gasteiger partial charge in [-0.05, 0) is 64.2 Å². The van der Waals surface area contributed by atoms with Crippen molar-refractivity contribution in [2.45, 2.75) is 6.92 Å². The third kappa shape index (κ3) is 15.0. The van der Waals surface area contributed by atoms with E-state index in [1.54, 1.807) is 6.92 Å². The summed E-state index contributed by atoms with van der Waals surface area (Å²) in [5.41, 5.74) is 0. The van der Waals surface area contributed by atoms with Crippen LogP contribution in [0.25, 0.3) is 0 Å². The molecule has 10 radical (unpaired) electrons. The molecular weight excluding hydrogens is 216 g/mol. The van der Waals surface area contributed by atoms with E-state index < -0.39 is 0 Å². The number of aliphatic hydroxyl groups excluding tert-OH is 1. The van der Waals surface area contributed by atoms with Gasteiger partial charge in [0.05, 0.1) is 0 Å². The third-order valence-corrected chi connectivity index (χ3v) is 1.11. The van der Waals surface area contributed by atoms with Crippen molar-refractivity contribution in [3.8, 4) is 0 Å². The van der Waals surface area contributed by atoms with Crippen molar-refractivity contribution in [2.24, 2.45) is 0 Å². The largest absolute Gasteiger partial charge is 0.566 e. The van der Waals surface area contributed by atoms with Crippen molar-refractivity contribution in [3.05, 3.63) is 70.8 Å². The van der Waals surface area contributed by atoms with Crippen LogP contribution < -0.4 is 0 Å². The molecule has 2 fully saturated rings. The van der Waals surface area contributed by atoms with Gasteiger partial charge in [-0.3, -0.25) is 0 Å². The molecule has 2 saturated carbocycles. The van der Waals surface area contributed by atoms with Gasteiger partial charge in [0, 0.05) is 17.1 Å². The molecule has 0 unspecified atom stereocenters. The van der Waals surface area contributed by atoms with Gasteiger partial charge in [0.2, 0.25) is 0 Å². The summed E-state index contributed by atoms with van der Waals surface area (Å²) < 4.78 is 0. The SMILES string of the molecule is C[CH-]O.[CH]1[CH][CH][CH][CH]1.[CH]1[CH][CH][CH][CH]1.[Fe]. The maximum atomic E-state index is 7.44. The second kappa shape index (κ2) is 15.9. The van der Waals surface area contributed by atoms with Crippen molar-refractivity contribution < 1.29 is 22.2 Å². The molecular formula is C12H15FeO-. The fourth-order valence-electron chi connectivity index (χ4n) is 0.642. The number of rotatable bonds is 0. The van der Waals surface area contributed by atoms with Crippen LogP contribution in [0, 0.1) is 70.8 Å². The summed E-state index contributed by atoms with van der Waals surface area (Å²) in [6, 6.07) is 0. The Kier molecular flexibility index (Phi) is 19.2. The van der Waals surface area contributed by atoms with E-state index in [1.165, 1.54) is 0 Å². The smallest absolute Gasteiger partial charge is 0 e. The molecule has 2 rings (SSSR count). The summed E-state index contributed by atoms with van der Waals surface area (Å²) in [4.78, 5) is 0. The molecule has 0 aliphatic heterocycles. The first-order valence-corrected chi connectivity index (χ1v) is 4.17. The molecule has 0 heterocycles. The minimum atomic E-state index is 0. The van der Waals surface area contributed by atoms with Gasteiger partial charge in [0.25, 0.3) is 0 Å². The second-order valence-electron chi connectivity index (χ2n) is 2.18. The fraction of sp³-hybridized carbons (Fsp3) is 0.0833. The number of hydrogen-bond donors (Lipinski definition) is 1. The quantitative estimate of drug-likeness (QED) is 0.501.